The number of rotatable bonds is 8. The van der Waals surface area contributed by atoms with Crippen LogP contribution in [0.3, 0.4) is 0 Å². The van der Waals surface area contributed by atoms with E-state index >= 15 is 0 Å². The van der Waals surface area contributed by atoms with E-state index in [0.29, 0.717) is 6.04 Å². The van der Waals surface area contributed by atoms with Gasteiger partial charge in [0.25, 0.3) is 0 Å². The number of nitrogens with zero attached hydrogens (tertiary/aromatic N) is 1. The highest BCUT2D eigenvalue weighted by Crippen LogP contribution is 2.09. The van der Waals surface area contributed by atoms with Crippen molar-refractivity contribution in [2.24, 2.45) is 11.7 Å². The molecule has 0 heterocycles. The number of hydrogen-bond acceptors (Lipinski definition) is 2. The van der Waals surface area contributed by atoms with Gasteiger partial charge in [-0.1, -0.05) is 27.2 Å². The summed E-state index contributed by atoms with van der Waals surface area (Å²) in [5.41, 5.74) is 5.56. The summed E-state index contributed by atoms with van der Waals surface area (Å²) in [5, 5.41) is 0. The second-order valence-corrected chi connectivity index (χ2v) is 4.67. The number of nitrogens with two attached hydrogens (primary N) is 1. The van der Waals surface area contributed by atoms with Crippen molar-refractivity contribution < 1.29 is 0 Å². The first-order valence-electron chi connectivity index (χ1n) is 6.05. The van der Waals surface area contributed by atoms with Crippen molar-refractivity contribution in [1.29, 1.82) is 0 Å². The summed E-state index contributed by atoms with van der Waals surface area (Å²) in [6.45, 7) is 12.3. The van der Waals surface area contributed by atoms with Crippen molar-refractivity contribution in [1.82, 2.24) is 4.90 Å². The van der Waals surface area contributed by atoms with E-state index in [1.807, 2.05) is 0 Å². The molecule has 1 atom stereocenters. The van der Waals surface area contributed by atoms with Gasteiger partial charge in [0.1, 0.15) is 0 Å². The normalized spacial score (nSPS) is 13.9. The fourth-order valence-electron chi connectivity index (χ4n) is 1.86. The third-order valence-corrected chi connectivity index (χ3v) is 2.58. The van der Waals surface area contributed by atoms with Gasteiger partial charge < -0.3 is 10.6 Å². The van der Waals surface area contributed by atoms with E-state index in [9.17, 15) is 0 Å². The van der Waals surface area contributed by atoms with Gasteiger partial charge in [-0.05, 0) is 38.8 Å². The first kappa shape index (κ1) is 13.9. The highest BCUT2D eigenvalue weighted by Gasteiger charge is 2.13. The molecule has 2 heteroatoms. The first-order valence-corrected chi connectivity index (χ1v) is 6.05. The predicted octanol–water partition coefficient (Wildman–Crippen LogP) is 2.48. The van der Waals surface area contributed by atoms with Gasteiger partial charge in [-0.25, -0.2) is 0 Å². The molecule has 0 rings (SSSR count). The van der Waals surface area contributed by atoms with Crippen molar-refractivity contribution in [2.45, 2.75) is 53.0 Å². The Labute approximate surface area is 89.9 Å². The van der Waals surface area contributed by atoms with E-state index in [-0.39, 0.29) is 0 Å². The van der Waals surface area contributed by atoms with E-state index in [0.717, 1.165) is 25.4 Å². The van der Waals surface area contributed by atoms with Gasteiger partial charge in [-0.15, -0.1) is 0 Å². The van der Waals surface area contributed by atoms with Crippen LogP contribution in [0.15, 0.2) is 0 Å². The average molecular weight is 200 g/mol. The van der Waals surface area contributed by atoms with Crippen LogP contribution in [0, 0.1) is 5.92 Å². The highest BCUT2D eigenvalue weighted by molar-refractivity contribution is 4.68. The van der Waals surface area contributed by atoms with Crippen molar-refractivity contribution >= 4 is 0 Å². The smallest absolute Gasteiger partial charge is 0.00669 e. The van der Waals surface area contributed by atoms with Gasteiger partial charge in [-0.2, -0.15) is 0 Å². The average Bonchev–Trinajstić information content (AvgIpc) is 2.12. The molecule has 0 fully saturated rings. The van der Waals surface area contributed by atoms with Gasteiger partial charge in [0.15, 0.2) is 0 Å². The molecule has 1 unspecified atom stereocenters. The molecule has 0 saturated heterocycles. The molecule has 0 aromatic rings. The molecular weight excluding hydrogens is 172 g/mol. The molecule has 2 nitrogen and oxygen atoms in total. The van der Waals surface area contributed by atoms with Crippen LogP contribution in [0.1, 0.15) is 47.0 Å². The molecule has 0 amide bonds. The molecule has 86 valence electrons. The maximum Gasteiger partial charge on any atom is 0.00669 e. The molecule has 2 N–H and O–H groups in total. The van der Waals surface area contributed by atoms with E-state index in [1.165, 1.54) is 19.4 Å². The fourth-order valence-corrected chi connectivity index (χ4v) is 1.86. The maximum atomic E-state index is 5.56. The summed E-state index contributed by atoms with van der Waals surface area (Å²) in [7, 11) is 0. The summed E-state index contributed by atoms with van der Waals surface area (Å²) >= 11 is 0. The Hall–Kier alpha value is -0.0800. The summed E-state index contributed by atoms with van der Waals surface area (Å²) < 4.78 is 0. The van der Waals surface area contributed by atoms with Gasteiger partial charge in [0, 0.05) is 12.6 Å². The lowest BCUT2D eigenvalue weighted by atomic mass is 10.1. The lowest BCUT2D eigenvalue weighted by molar-refractivity contribution is 0.176. The minimum atomic E-state index is 0.717. The first-order chi connectivity index (χ1) is 6.61. The van der Waals surface area contributed by atoms with Gasteiger partial charge in [0.05, 0.1) is 0 Å². The molecule has 0 radical (unpaired) electrons. The molecule has 0 aliphatic rings. The van der Waals surface area contributed by atoms with Crippen LogP contribution in [0.2, 0.25) is 0 Å². The lowest BCUT2D eigenvalue weighted by Crippen LogP contribution is -2.37. The fraction of sp³-hybridized carbons (Fsp3) is 1.00. The highest BCUT2D eigenvalue weighted by atomic mass is 15.1. The SMILES string of the molecule is CCCC(C)N(CCCN)CC(C)C. The van der Waals surface area contributed by atoms with Crippen LogP contribution < -0.4 is 5.73 Å². The summed E-state index contributed by atoms with van der Waals surface area (Å²) in [5.74, 6) is 0.757. The Morgan fingerprint density at radius 1 is 1.21 bits per heavy atom. The summed E-state index contributed by atoms with van der Waals surface area (Å²) in [6.07, 6.45) is 3.70. The molecule has 0 aromatic heterocycles. The van der Waals surface area contributed by atoms with Crippen LogP contribution >= 0.6 is 0 Å². The van der Waals surface area contributed by atoms with Gasteiger partial charge >= 0.3 is 0 Å². The molecule has 14 heavy (non-hydrogen) atoms. The standard InChI is InChI=1S/C12H28N2/c1-5-7-12(4)14(9-6-8-13)10-11(2)3/h11-12H,5-10,13H2,1-4H3. The Kier molecular flexibility index (Phi) is 8.20. The summed E-state index contributed by atoms with van der Waals surface area (Å²) in [4.78, 5) is 2.58. The Morgan fingerprint density at radius 3 is 2.29 bits per heavy atom. The largest absolute Gasteiger partial charge is 0.330 e. The van der Waals surface area contributed by atoms with E-state index < -0.39 is 0 Å². The quantitative estimate of drug-likeness (QED) is 0.652. The topological polar surface area (TPSA) is 29.3 Å². The van der Waals surface area contributed by atoms with Crippen molar-refractivity contribution in [3.8, 4) is 0 Å². The zero-order chi connectivity index (χ0) is 11.0. The van der Waals surface area contributed by atoms with Crippen molar-refractivity contribution in [2.75, 3.05) is 19.6 Å². The van der Waals surface area contributed by atoms with E-state index in [2.05, 4.69) is 32.6 Å². The molecule has 0 aliphatic carbocycles. The molecule has 0 bridgehead atoms. The second kappa shape index (κ2) is 8.25. The van der Waals surface area contributed by atoms with E-state index in [1.54, 1.807) is 0 Å². The zero-order valence-corrected chi connectivity index (χ0v) is 10.4. The second-order valence-electron chi connectivity index (χ2n) is 4.67. The van der Waals surface area contributed by atoms with Crippen molar-refractivity contribution in [3.63, 3.8) is 0 Å². The minimum absolute atomic E-state index is 0.717. The molecule has 0 aromatic carbocycles. The Bertz CT molecular complexity index is 123. The molecule has 0 aliphatic heterocycles. The Balaban J connectivity index is 3.94. The molecular formula is C12H28N2. The Morgan fingerprint density at radius 2 is 1.86 bits per heavy atom. The van der Waals surface area contributed by atoms with Crippen molar-refractivity contribution in [3.05, 3.63) is 0 Å². The van der Waals surface area contributed by atoms with Gasteiger partial charge in [-0.3, -0.25) is 0 Å². The minimum Gasteiger partial charge on any atom is -0.330 e. The molecule has 0 spiro atoms. The summed E-state index contributed by atoms with van der Waals surface area (Å²) in [6, 6.07) is 0.717. The molecule has 0 saturated carbocycles. The van der Waals surface area contributed by atoms with Crippen LogP contribution in [0.4, 0.5) is 0 Å². The monoisotopic (exact) mass is 200 g/mol. The van der Waals surface area contributed by atoms with Crippen LogP contribution in [0.5, 0.6) is 0 Å². The third-order valence-electron chi connectivity index (χ3n) is 2.58. The van der Waals surface area contributed by atoms with Crippen LogP contribution in [-0.2, 0) is 0 Å². The lowest BCUT2D eigenvalue weighted by Gasteiger charge is -2.30. The maximum absolute atomic E-state index is 5.56. The van der Waals surface area contributed by atoms with Crippen LogP contribution in [-0.4, -0.2) is 30.6 Å². The van der Waals surface area contributed by atoms with Gasteiger partial charge in [0.2, 0.25) is 0 Å². The third kappa shape index (κ3) is 6.39. The predicted molar refractivity (Wildman–Crippen MR) is 64.5 cm³/mol. The zero-order valence-electron chi connectivity index (χ0n) is 10.4. The van der Waals surface area contributed by atoms with Crippen LogP contribution in [0.25, 0.3) is 0 Å². The van der Waals surface area contributed by atoms with E-state index in [4.69, 9.17) is 5.73 Å². The number of hydrogen-bond donors (Lipinski definition) is 1.